The lowest BCUT2D eigenvalue weighted by Crippen LogP contribution is -2.24. The molecule has 0 fully saturated rings. The standard InChI is InChI=1S/C9H14Si/c1-8-6-4-5-7-9(8)10(2)3/h4-7,10H,1-3H3. The minimum absolute atomic E-state index is 0.568. The molecular weight excluding hydrogens is 136 g/mol. The molecule has 0 aliphatic rings. The molecule has 1 rings (SSSR count). The lowest BCUT2D eigenvalue weighted by Gasteiger charge is -2.06. The summed E-state index contributed by atoms with van der Waals surface area (Å²) in [5.74, 6) is 0. The Bertz CT molecular complexity index is 216. The molecule has 0 amide bonds. The Morgan fingerprint density at radius 2 is 1.70 bits per heavy atom. The first-order valence-corrected chi connectivity index (χ1v) is 6.66. The third-order valence-corrected chi connectivity index (χ3v) is 3.70. The van der Waals surface area contributed by atoms with Gasteiger partial charge in [-0.2, -0.15) is 0 Å². The van der Waals surface area contributed by atoms with Crippen LogP contribution in [0.4, 0.5) is 0 Å². The number of aryl methyl sites for hydroxylation is 1. The van der Waals surface area contributed by atoms with Crippen molar-refractivity contribution in [3.8, 4) is 0 Å². The van der Waals surface area contributed by atoms with Crippen LogP contribution in [0.25, 0.3) is 0 Å². The molecular formula is C9H14Si. The molecule has 0 radical (unpaired) electrons. The summed E-state index contributed by atoms with van der Waals surface area (Å²) in [5, 5.41) is 1.60. The van der Waals surface area contributed by atoms with E-state index in [0.29, 0.717) is 0 Å². The van der Waals surface area contributed by atoms with Gasteiger partial charge in [0.05, 0.1) is 8.80 Å². The smallest absolute Gasteiger partial charge is 0.0650 e. The van der Waals surface area contributed by atoms with Gasteiger partial charge in [0.15, 0.2) is 0 Å². The van der Waals surface area contributed by atoms with E-state index in [1.165, 1.54) is 5.56 Å². The molecule has 0 aliphatic heterocycles. The summed E-state index contributed by atoms with van der Waals surface area (Å²) in [4.78, 5) is 0. The molecule has 0 heterocycles. The minimum atomic E-state index is -0.568. The van der Waals surface area contributed by atoms with Crippen molar-refractivity contribution in [1.29, 1.82) is 0 Å². The zero-order chi connectivity index (χ0) is 7.56. The van der Waals surface area contributed by atoms with Gasteiger partial charge in [-0.15, -0.1) is 0 Å². The van der Waals surface area contributed by atoms with Gasteiger partial charge in [0.25, 0.3) is 0 Å². The normalized spacial score (nSPS) is 10.4. The third kappa shape index (κ3) is 1.48. The van der Waals surface area contributed by atoms with Gasteiger partial charge in [-0.3, -0.25) is 0 Å². The molecule has 0 nitrogen and oxygen atoms in total. The summed E-state index contributed by atoms with van der Waals surface area (Å²) in [6.07, 6.45) is 0. The van der Waals surface area contributed by atoms with Gasteiger partial charge < -0.3 is 0 Å². The largest absolute Gasteiger partial charge is 0.0682 e. The molecule has 0 unspecified atom stereocenters. The van der Waals surface area contributed by atoms with Crippen LogP contribution in [0.1, 0.15) is 5.56 Å². The predicted molar refractivity (Wildman–Crippen MR) is 49.7 cm³/mol. The summed E-state index contributed by atoms with van der Waals surface area (Å²) in [6, 6.07) is 8.69. The van der Waals surface area contributed by atoms with Crippen LogP contribution >= 0.6 is 0 Å². The fraction of sp³-hybridized carbons (Fsp3) is 0.333. The lowest BCUT2D eigenvalue weighted by molar-refractivity contribution is 1.51. The van der Waals surface area contributed by atoms with E-state index in [2.05, 4.69) is 44.3 Å². The van der Waals surface area contributed by atoms with Crippen LogP contribution in [0.15, 0.2) is 24.3 Å². The topological polar surface area (TPSA) is 0 Å². The van der Waals surface area contributed by atoms with Gasteiger partial charge in [0, 0.05) is 0 Å². The van der Waals surface area contributed by atoms with Crippen LogP contribution in [0, 0.1) is 6.92 Å². The first-order chi connectivity index (χ1) is 4.72. The van der Waals surface area contributed by atoms with Crippen LogP contribution < -0.4 is 5.19 Å². The molecule has 0 aromatic heterocycles. The van der Waals surface area contributed by atoms with Crippen molar-refractivity contribution < 1.29 is 0 Å². The second-order valence-electron chi connectivity index (χ2n) is 3.01. The van der Waals surface area contributed by atoms with Crippen molar-refractivity contribution in [3.05, 3.63) is 29.8 Å². The molecule has 0 atom stereocenters. The van der Waals surface area contributed by atoms with Crippen LogP contribution in [-0.4, -0.2) is 8.80 Å². The highest BCUT2D eigenvalue weighted by atomic mass is 28.3. The maximum Gasteiger partial charge on any atom is 0.0650 e. The Labute approximate surface area is 64.5 Å². The Kier molecular flexibility index (Phi) is 2.28. The van der Waals surface area contributed by atoms with Gasteiger partial charge >= 0.3 is 0 Å². The van der Waals surface area contributed by atoms with Crippen molar-refractivity contribution in [2.24, 2.45) is 0 Å². The first kappa shape index (κ1) is 7.54. The maximum absolute atomic E-state index is 2.36. The second kappa shape index (κ2) is 3.02. The number of benzene rings is 1. The minimum Gasteiger partial charge on any atom is -0.0682 e. The Morgan fingerprint density at radius 1 is 1.10 bits per heavy atom. The lowest BCUT2D eigenvalue weighted by atomic mass is 10.2. The highest BCUT2D eigenvalue weighted by Gasteiger charge is 2.00. The number of hydrogen-bond acceptors (Lipinski definition) is 0. The van der Waals surface area contributed by atoms with Crippen molar-refractivity contribution in [2.75, 3.05) is 0 Å². The molecule has 0 aliphatic carbocycles. The SMILES string of the molecule is Cc1ccccc1[SiH](C)C. The van der Waals surface area contributed by atoms with Gasteiger partial charge in [0.1, 0.15) is 0 Å². The summed E-state index contributed by atoms with van der Waals surface area (Å²) in [5.41, 5.74) is 1.46. The molecule has 54 valence electrons. The molecule has 1 aromatic rings. The van der Waals surface area contributed by atoms with E-state index >= 15 is 0 Å². The van der Waals surface area contributed by atoms with E-state index in [1.54, 1.807) is 5.19 Å². The molecule has 0 bridgehead atoms. The first-order valence-electron chi connectivity index (χ1n) is 3.77. The van der Waals surface area contributed by atoms with Crippen LogP contribution in [0.5, 0.6) is 0 Å². The van der Waals surface area contributed by atoms with Gasteiger partial charge in [-0.25, -0.2) is 0 Å². The van der Waals surface area contributed by atoms with E-state index in [4.69, 9.17) is 0 Å². The zero-order valence-corrected chi connectivity index (χ0v) is 8.04. The molecule has 0 saturated carbocycles. The average molecular weight is 150 g/mol. The molecule has 0 saturated heterocycles. The summed E-state index contributed by atoms with van der Waals surface area (Å²) >= 11 is 0. The van der Waals surface area contributed by atoms with Crippen molar-refractivity contribution in [1.82, 2.24) is 0 Å². The Hall–Kier alpha value is -0.563. The molecule has 1 aromatic carbocycles. The molecule has 1 heteroatoms. The monoisotopic (exact) mass is 150 g/mol. The Morgan fingerprint density at radius 3 is 2.10 bits per heavy atom. The van der Waals surface area contributed by atoms with Crippen LogP contribution in [0.2, 0.25) is 13.1 Å². The molecule has 0 N–H and O–H groups in total. The summed E-state index contributed by atoms with van der Waals surface area (Å²) in [7, 11) is -0.568. The van der Waals surface area contributed by atoms with Crippen molar-refractivity contribution >= 4 is 14.0 Å². The quantitative estimate of drug-likeness (QED) is 0.534. The summed E-state index contributed by atoms with van der Waals surface area (Å²) < 4.78 is 0. The van der Waals surface area contributed by atoms with Crippen LogP contribution in [-0.2, 0) is 0 Å². The zero-order valence-electron chi connectivity index (χ0n) is 6.89. The van der Waals surface area contributed by atoms with E-state index in [-0.39, 0.29) is 0 Å². The van der Waals surface area contributed by atoms with E-state index in [0.717, 1.165) is 0 Å². The number of hydrogen-bond donors (Lipinski definition) is 0. The predicted octanol–water partition coefficient (Wildman–Crippen LogP) is 1.69. The van der Waals surface area contributed by atoms with E-state index in [9.17, 15) is 0 Å². The van der Waals surface area contributed by atoms with Gasteiger partial charge in [-0.05, 0) is 6.92 Å². The Balaban J connectivity index is 3.03. The fourth-order valence-electron chi connectivity index (χ4n) is 1.23. The van der Waals surface area contributed by atoms with Crippen molar-refractivity contribution in [2.45, 2.75) is 20.0 Å². The molecule has 0 spiro atoms. The molecule has 10 heavy (non-hydrogen) atoms. The highest BCUT2D eigenvalue weighted by Crippen LogP contribution is 1.95. The summed E-state index contributed by atoms with van der Waals surface area (Å²) in [6.45, 7) is 6.92. The van der Waals surface area contributed by atoms with Crippen LogP contribution in [0.3, 0.4) is 0 Å². The van der Waals surface area contributed by atoms with Crippen molar-refractivity contribution in [3.63, 3.8) is 0 Å². The highest BCUT2D eigenvalue weighted by molar-refractivity contribution is 6.71. The van der Waals surface area contributed by atoms with E-state index in [1.807, 2.05) is 0 Å². The second-order valence-corrected chi connectivity index (χ2v) is 5.94. The van der Waals surface area contributed by atoms with Gasteiger partial charge in [-0.1, -0.05) is 48.1 Å². The average Bonchev–Trinajstić information content (AvgIpc) is 1.88. The fourth-order valence-corrected chi connectivity index (χ4v) is 2.74. The number of rotatable bonds is 1. The third-order valence-electron chi connectivity index (χ3n) is 1.81. The van der Waals surface area contributed by atoms with Gasteiger partial charge in [0.2, 0.25) is 0 Å². The maximum atomic E-state index is 2.36. The van der Waals surface area contributed by atoms with E-state index < -0.39 is 8.80 Å².